The quantitative estimate of drug-likeness (QED) is 0.578. The molecule has 0 aliphatic rings. The first-order chi connectivity index (χ1) is 5.29. The van der Waals surface area contributed by atoms with Gasteiger partial charge in [-0.3, -0.25) is 0 Å². The minimum atomic E-state index is -1.82. The maximum absolute atomic E-state index is 11.1. The fourth-order valence-electron chi connectivity index (χ4n) is 0.777. The van der Waals surface area contributed by atoms with Crippen LogP contribution in [0.1, 0.15) is 20.8 Å². The molecule has 0 aliphatic heterocycles. The Labute approximate surface area is 72.2 Å². The van der Waals surface area contributed by atoms with E-state index < -0.39 is 23.6 Å². The molecule has 0 bridgehead atoms. The highest BCUT2D eigenvalue weighted by Gasteiger charge is 2.47. The molecule has 72 valence electrons. The second-order valence-corrected chi connectivity index (χ2v) is 3.76. The Hall–Kier alpha value is -0.610. The topological polar surface area (TPSA) is 66.8 Å². The Bertz CT molecular complexity index is 170. The summed E-state index contributed by atoms with van der Waals surface area (Å²) in [5.74, 6) is -0.808. The minimum Gasteiger partial charge on any atom is -0.467 e. The van der Waals surface area contributed by atoms with Crippen LogP contribution in [-0.2, 0) is 9.53 Å². The van der Waals surface area contributed by atoms with Crippen LogP contribution >= 0.6 is 0 Å². The Kier molecular flexibility index (Phi) is 3.24. The van der Waals surface area contributed by atoms with Crippen molar-refractivity contribution in [3.05, 3.63) is 0 Å². The number of carbonyl (C=O) groups excluding carboxylic acids is 1. The lowest BCUT2D eigenvalue weighted by Gasteiger charge is -2.35. The van der Waals surface area contributed by atoms with Crippen molar-refractivity contribution in [1.82, 2.24) is 0 Å². The summed E-state index contributed by atoms with van der Waals surface area (Å²) in [5.41, 5.74) is -2.56. The van der Waals surface area contributed by atoms with E-state index in [1.807, 2.05) is 0 Å². The van der Waals surface area contributed by atoms with Crippen LogP contribution in [0.4, 0.5) is 0 Å². The summed E-state index contributed by atoms with van der Waals surface area (Å²) in [7, 11) is 1.18. The van der Waals surface area contributed by atoms with E-state index in [-0.39, 0.29) is 0 Å². The van der Waals surface area contributed by atoms with Gasteiger partial charge in [-0.25, -0.2) is 4.79 Å². The van der Waals surface area contributed by atoms with E-state index in [1.165, 1.54) is 7.11 Å². The van der Waals surface area contributed by atoms with Crippen LogP contribution < -0.4 is 0 Å². The molecule has 0 aromatic carbocycles. The zero-order chi connectivity index (χ0) is 9.99. The second kappa shape index (κ2) is 3.41. The van der Waals surface area contributed by atoms with E-state index in [1.54, 1.807) is 20.8 Å². The molecule has 4 nitrogen and oxygen atoms in total. The number of hydrogen-bond acceptors (Lipinski definition) is 4. The number of esters is 1. The van der Waals surface area contributed by atoms with Gasteiger partial charge in [0.25, 0.3) is 0 Å². The minimum absolute atomic E-state index is 0.636. The van der Waals surface area contributed by atoms with Crippen molar-refractivity contribution in [1.29, 1.82) is 0 Å². The number of methoxy groups -OCH3 is 1. The van der Waals surface area contributed by atoms with E-state index in [0.717, 1.165) is 0 Å². The predicted octanol–water partition coefficient (Wildman–Crippen LogP) is -0.0711. The highest BCUT2D eigenvalue weighted by molar-refractivity contribution is 5.80. The van der Waals surface area contributed by atoms with Gasteiger partial charge in [0.05, 0.1) is 13.7 Å². The van der Waals surface area contributed by atoms with Gasteiger partial charge in [-0.15, -0.1) is 0 Å². The normalized spacial score (nSPS) is 16.8. The summed E-state index contributed by atoms with van der Waals surface area (Å²) >= 11 is 0. The first-order valence-electron chi connectivity index (χ1n) is 3.71. The van der Waals surface area contributed by atoms with Crippen LogP contribution in [-0.4, -0.2) is 35.5 Å². The lowest BCUT2D eigenvalue weighted by Crippen LogP contribution is -2.53. The number of aliphatic hydroxyl groups excluding tert-OH is 1. The van der Waals surface area contributed by atoms with Crippen molar-refractivity contribution in [3.8, 4) is 0 Å². The van der Waals surface area contributed by atoms with Crippen molar-refractivity contribution in [2.24, 2.45) is 5.41 Å². The summed E-state index contributed by atoms with van der Waals surface area (Å²) in [4.78, 5) is 11.1. The first kappa shape index (κ1) is 11.4. The van der Waals surface area contributed by atoms with Crippen LogP contribution in [0.25, 0.3) is 0 Å². The molecule has 0 spiro atoms. The zero-order valence-corrected chi connectivity index (χ0v) is 7.92. The Balaban J connectivity index is 4.80. The summed E-state index contributed by atoms with van der Waals surface area (Å²) in [6.45, 7) is 4.32. The lowest BCUT2D eigenvalue weighted by molar-refractivity contribution is -0.181. The fraction of sp³-hybridized carbons (Fsp3) is 0.875. The standard InChI is InChI=1S/C8H16O4/c1-7(2,3)8(11,5-9)6(10)12-4/h9,11H,5H2,1-4H3. The Morgan fingerprint density at radius 2 is 1.83 bits per heavy atom. The summed E-state index contributed by atoms with van der Waals surface area (Å²) in [6, 6.07) is 0. The van der Waals surface area contributed by atoms with Crippen molar-refractivity contribution in [3.63, 3.8) is 0 Å². The van der Waals surface area contributed by atoms with Crippen molar-refractivity contribution >= 4 is 5.97 Å². The molecular formula is C8H16O4. The molecule has 0 aliphatic carbocycles. The van der Waals surface area contributed by atoms with Gasteiger partial charge >= 0.3 is 5.97 Å². The third kappa shape index (κ3) is 1.76. The molecule has 0 heterocycles. The highest BCUT2D eigenvalue weighted by Crippen LogP contribution is 2.30. The molecule has 0 aromatic rings. The second-order valence-electron chi connectivity index (χ2n) is 3.76. The Morgan fingerprint density at radius 3 is 1.92 bits per heavy atom. The van der Waals surface area contributed by atoms with Gasteiger partial charge in [-0.05, 0) is 0 Å². The highest BCUT2D eigenvalue weighted by atomic mass is 16.5. The summed E-state index contributed by atoms with van der Waals surface area (Å²) in [6.07, 6.45) is 0. The average molecular weight is 176 g/mol. The number of hydrogen-bond donors (Lipinski definition) is 2. The summed E-state index contributed by atoms with van der Waals surface area (Å²) < 4.78 is 4.38. The average Bonchev–Trinajstić information content (AvgIpc) is 1.99. The van der Waals surface area contributed by atoms with E-state index in [4.69, 9.17) is 5.11 Å². The monoisotopic (exact) mass is 176 g/mol. The third-order valence-corrected chi connectivity index (χ3v) is 1.99. The number of rotatable bonds is 2. The van der Waals surface area contributed by atoms with Crippen molar-refractivity contribution < 1.29 is 19.7 Å². The molecule has 0 saturated heterocycles. The van der Waals surface area contributed by atoms with Crippen LogP contribution in [0, 0.1) is 5.41 Å². The largest absolute Gasteiger partial charge is 0.467 e. The van der Waals surface area contributed by atoms with Crippen LogP contribution in [0.5, 0.6) is 0 Å². The molecule has 12 heavy (non-hydrogen) atoms. The molecule has 0 radical (unpaired) electrons. The van der Waals surface area contributed by atoms with Gasteiger partial charge < -0.3 is 14.9 Å². The number of ether oxygens (including phenoxy) is 1. The van der Waals surface area contributed by atoms with Crippen LogP contribution in [0.3, 0.4) is 0 Å². The smallest absolute Gasteiger partial charge is 0.340 e. The molecule has 4 heteroatoms. The van der Waals surface area contributed by atoms with E-state index in [9.17, 15) is 9.90 Å². The van der Waals surface area contributed by atoms with Crippen LogP contribution in [0.2, 0.25) is 0 Å². The van der Waals surface area contributed by atoms with Crippen molar-refractivity contribution in [2.45, 2.75) is 26.4 Å². The molecule has 1 atom stereocenters. The Morgan fingerprint density at radius 1 is 1.42 bits per heavy atom. The molecule has 1 unspecified atom stereocenters. The molecule has 0 aromatic heterocycles. The van der Waals surface area contributed by atoms with E-state index >= 15 is 0 Å². The number of carbonyl (C=O) groups is 1. The van der Waals surface area contributed by atoms with Crippen LogP contribution in [0.15, 0.2) is 0 Å². The molecule has 0 fully saturated rings. The van der Waals surface area contributed by atoms with Gasteiger partial charge in [0.2, 0.25) is 0 Å². The van der Waals surface area contributed by atoms with Crippen molar-refractivity contribution in [2.75, 3.05) is 13.7 Å². The predicted molar refractivity (Wildman–Crippen MR) is 43.5 cm³/mol. The van der Waals surface area contributed by atoms with Gasteiger partial charge in [0.15, 0.2) is 5.60 Å². The SMILES string of the molecule is COC(=O)C(O)(CO)C(C)(C)C. The fourth-order valence-corrected chi connectivity index (χ4v) is 0.777. The van der Waals surface area contributed by atoms with E-state index in [2.05, 4.69) is 4.74 Å². The maximum Gasteiger partial charge on any atom is 0.340 e. The third-order valence-electron chi connectivity index (χ3n) is 1.99. The molecule has 0 rings (SSSR count). The molecule has 2 N–H and O–H groups in total. The van der Waals surface area contributed by atoms with E-state index in [0.29, 0.717) is 0 Å². The molecule has 0 amide bonds. The molecular weight excluding hydrogens is 160 g/mol. The maximum atomic E-state index is 11.1. The van der Waals surface area contributed by atoms with Gasteiger partial charge in [-0.2, -0.15) is 0 Å². The zero-order valence-electron chi connectivity index (χ0n) is 7.92. The first-order valence-corrected chi connectivity index (χ1v) is 3.71. The molecule has 0 saturated carbocycles. The lowest BCUT2D eigenvalue weighted by atomic mass is 9.77. The van der Waals surface area contributed by atoms with Gasteiger partial charge in [0.1, 0.15) is 0 Å². The summed E-state index contributed by atoms with van der Waals surface area (Å²) in [5, 5.41) is 18.6. The number of aliphatic hydroxyl groups is 2. The van der Waals surface area contributed by atoms with Gasteiger partial charge in [0, 0.05) is 5.41 Å². The van der Waals surface area contributed by atoms with Gasteiger partial charge in [-0.1, -0.05) is 20.8 Å².